The van der Waals surface area contributed by atoms with Crippen LogP contribution in [0, 0.1) is 19.8 Å². The average Bonchev–Trinajstić information content (AvgIpc) is 2.91. The summed E-state index contributed by atoms with van der Waals surface area (Å²) in [5.41, 5.74) is 1.97. The summed E-state index contributed by atoms with van der Waals surface area (Å²) in [6, 6.07) is 5.33. The predicted octanol–water partition coefficient (Wildman–Crippen LogP) is 2.86. The molecule has 0 bridgehead atoms. The van der Waals surface area contributed by atoms with Crippen LogP contribution in [0.1, 0.15) is 37.8 Å². The highest BCUT2D eigenvalue weighted by molar-refractivity contribution is 5.87. The number of aryl methyl sites for hydroxylation is 2. The number of esters is 1. The molecule has 4 heteroatoms. The number of rotatable bonds is 3. The number of benzene rings is 1. The summed E-state index contributed by atoms with van der Waals surface area (Å²) >= 11 is 0. The van der Waals surface area contributed by atoms with Gasteiger partial charge in [0.25, 0.3) is 0 Å². The second-order valence-corrected chi connectivity index (χ2v) is 6.03. The Bertz CT molecular complexity index is 551. The number of amides is 1. The summed E-state index contributed by atoms with van der Waals surface area (Å²) in [5.74, 6) is 0.188. The van der Waals surface area contributed by atoms with E-state index in [0.29, 0.717) is 18.7 Å². The zero-order valence-corrected chi connectivity index (χ0v) is 13.2. The molecule has 1 fully saturated rings. The van der Waals surface area contributed by atoms with Crippen molar-refractivity contribution in [2.45, 2.75) is 46.6 Å². The molecule has 1 atom stereocenters. The van der Waals surface area contributed by atoms with Crippen LogP contribution in [0.3, 0.4) is 0 Å². The molecule has 1 amide bonds. The smallest absolute Gasteiger partial charge is 0.334 e. The van der Waals surface area contributed by atoms with Crippen molar-refractivity contribution in [2.24, 2.45) is 5.92 Å². The van der Waals surface area contributed by atoms with E-state index in [2.05, 4.69) is 0 Å². The number of ether oxygens (including phenoxy) is 1. The van der Waals surface area contributed by atoms with Crippen molar-refractivity contribution in [3.8, 4) is 5.75 Å². The summed E-state index contributed by atoms with van der Waals surface area (Å²) < 4.78 is 5.54. The first-order valence-electron chi connectivity index (χ1n) is 7.49. The lowest BCUT2D eigenvalue weighted by Gasteiger charge is -2.25. The average molecular weight is 289 g/mol. The van der Waals surface area contributed by atoms with Crippen molar-refractivity contribution < 1.29 is 14.3 Å². The van der Waals surface area contributed by atoms with Crippen LogP contribution < -0.4 is 4.74 Å². The summed E-state index contributed by atoms with van der Waals surface area (Å²) in [7, 11) is 0. The molecule has 21 heavy (non-hydrogen) atoms. The van der Waals surface area contributed by atoms with Crippen LogP contribution in [-0.2, 0) is 9.59 Å². The van der Waals surface area contributed by atoms with E-state index in [1.807, 2.05) is 45.9 Å². The molecule has 0 saturated carbocycles. The highest BCUT2D eigenvalue weighted by Gasteiger charge is 2.36. The molecule has 1 unspecified atom stereocenters. The zero-order chi connectivity index (χ0) is 15.6. The van der Waals surface area contributed by atoms with Gasteiger partial charge in [0.1, 0.15) is 11.8 Å². The quantitative estimate of drug-likeness (QED) is 0.635. The molecule has 4 nitrogen and oxygen atoms in total. The molecule has 2 rings (SSSR count). The molecule has 0 aliphatic carbocycles. The van der Waals surface area contributed by atoms with E-state index in [1.54, 1.807) is 4.90 Å². The standard InChI is InChI=1S/C17H23NO3/c1-11(2)16(19)18-9-5-6-14(18)17(20)21-15-10-12(3)7-8-13(15)4/h7-8,10-11,14H,5-6,9H2,1-4H3. The minimum atomic E-state index is -0.445. The fourth-order valence-corrected chi connectivity index (χ4v) is 2.60. The van der Waals surface area contributed by atoms with Crippen LogP contribution in [0.15, 0.2) is 18.2 Å². The predicted molar refractivity (Wildman–Crippen MR) is 81.1 cm³/mol. The SMILES string of the molecule is Cc1ccc(C)c(OC(=O)C2CCCN2C(=O)C(C)C)c1. The van der Waals surface area contributed by atoms with Crippen molar-refractivity contribution >= 4 is 11.9 Å². The number of likely N-dealkylation sites (tertiary alicyclic amines) is 1. The van der Waals surface area contributed by atoms with Crippen molar-refractivity contribution in [3.63, 3.8) is 0 Å². The van der Waals surface area contributed by atoms with Gasteiger partial charge in [0.15, 0.2) is 0 Å². The summed E-state index contributed by atoms with van der Waals surface area (Å²) in [4.78, 5) is 26.2. The topological polar surface area (TPSA) is 46.6 Å². The molecule has 1 saturated heterocycles. The Morgan fingerprint density at radius 3 is 2.67 bits per heavy atom. The van der Waals surface area contributed by atoms with Gasteiger partial charge in [0.05, 0.1) is 0 Å². The number of hydrogen-bond donors (Lipinski definition) is 0. The highest BCUT2D eigenvalue weighted by Crippen LogP contribution is 2.24. The Hall–Kier alpha value is -1.84. The number of nitrogens with zero attached hydrogens (tertiary/aromatic N) is 1. The summed E-state index contributed by atoms with van der Waals surface area (Å²) in [6.45, 7) is 8.22. The fraction of sp³-hybridized carbons (Fsp3) is 0.529. The zero-order valence-electron chi connectivity index (χ0n) is 13.2. The Morgan fingerprint density at radius 1 is 1.29 bits per heavy atom. The molecule has 1 aromatic rings. The molecule has 0 radical (unpaired) electrons. The Kier molecular flexibility index (Phi) is 4.66. The van der Waals surface area contributed by atoms with Gasteiger partial charge in [-0.25, -0.2) is 4.79 Å². The van der Waals surface area contributed by atoms with Gasteiger partial charge in [-0.3, -0.25) is 4.79 Å². The molecule has 1 heterocycles. The van der Waals surface area contributed by atoms with Crippen LogP contribution in [0.4, 0.5) is 0 Å². The van der Waals surface area contributed by atoms with Crippen molar-refractivity contribution in [1.82, 2.24) is 4.90 Å². The molecule has 0 aromatic heterocycles. The lowest BCUT2D eigenvalue weighted by atomic mass is 10.1. The van der Waals surface area contributed by atoms with E-state index in [-0.39, 0.29) is 17.8 Å². The van der Waals surface area contributed by atoms with Gasteiger partial charge >= 0.3 is 5.97 Å². The summed E-state index contributed by atoms with van der Waals surface area (Å²) in [6.07, 6.45) is 1.53. The first-order valence-corrected chi connectivity index (χ1v) is 7.49. The third-order valence-corrected chi connectivity index (χ3v) is 3.86. The largest absolute Gasteiger partial charge is 0.425 e. The Balaban J connectivity index is 2.12. The Morgan fingerprint density at radius 2 is 2.00 bits per heavy atom. The van der Waals surface area contributed by atoms with Crippen LogP contribution in [0.25, 0.3) is 0 Å². The van der Waals surface area contributed by atoms with E-state index in [4.69, 9.17) is 4.74 Å². The molecule has 1 aromatic carbocycles. The Labute approximate surface area is 126 Å². The van der Waals surface area contributed by atoms with Crippen LogP contribution >= 0.6 is 0 Å². The molecule has 1 aliphatic rings. The number of carbonyl (C=O) groups is 2. The van der Waals surface area contributed by atoms with Crippen molar-refractivity contribution in [3.05, 3.63) is 29.3 Å². The fourth-order valence-electron chi connectivity index (χ4n) is 2.60. The van der Waals surface area contributed by atoms with E-state index >= 15 is 0 Å². The molecular formula is C17H23NO3. The maximum atomic E-state index is 12.4. The van der Waals surface area contributed by atoms with E-state index < -0.39 is 6.04 Å². The lowest BCUT2D eigenvalue weighted by molar-refractivity contribution is -0.147. The van der Waals surface area contributed by atoms with Crippen molar-refractivity contribution in [2.75, 3.05) is 6.54 Å². The van der Waals surface area contributed by atoms with Gasteiger partial charge in [-0.1, -0.05) is 26.0 Å². The van der Waals surface area contributed by atoms with E-state index in [0.717, 1.165) is 17.5 Å². The van der Waals surface area contributed by atoms with Crippen molar-refractivity contribution in [1.29, 1.82) is 0 Å². The highest BCUT2D eigenvalue weighted by atomic mass is 16.5. The van der Waals surface area contributed by atoms with Gasteiger partial charge in [0.2, 0.25) is 5.91 Å². The second-order valence-electron chi connectivity index (χ2n) is 6.03. The minimum Gasteiger partial charge on any atom is -0.425 e. The normalized spacial score (nSPS) is 18.1. The van der Waals surface area contributed by atoms with Crippen LogP contribution in [0.2, 0.25) is 0 Å². The van der Waals surface area contributed by atoms with E-state index in [9.17, 15) is 9.59 Å². The number of hydrogen-bond acceptors (Lipinski definition) is 3. The van der Waals surface area contributed by atoms with E-state index in [1.165, 1.54) is 0 Å². The third-order valence-electron chi connectivity index (χ3n) is 3.86. The second kappa shape index (κ2) is 6.29. The maximum absolute atomic E-state index is 12.4. The molecule has 1 aliphatic heterocycles. The van der Waals surface area contributed by atoms with Gasteiger partial charge in [0, 0.05) is 12.5 Å². The van der Waals surface area contributed by atoms with Gasteiger partial charge in [-0.05, 0) is 43.9 Å². The molecular weight excluding hydrogens is 266 g/mol. The van der Waals surface area contributed by atoms with Crippen LogP contribution in [0.5, 0.6) is 5.75 Å². The first kappa shape index (κ1) is 15.5. The third kappa shape index (κ3) is 3.43. The first-order chi connectivity index (χ1) is 9.90. The lowest BCUT2D eigenvalue weighted by Crippen LogP contribution is -2.44. The molecule has 114 valence electrons. The number of carbonyl (C=O) groups excluding carboxylic acids is 2. The van der Waals surface area contributed by atoms with Gasteiger partial charge < -0.3 is 9.64 Å². The van der Waals surface area contributed by atoms with Gasteiger partial charge in [-0.2, -0.15) is 0 Å². The van der Waals surface area contributed by atoms with Crippen LogP contribution in [-0.4, -0.2) is 29.4 Å². The van der Waals surface area contributed by atoms with Gasteiger partial charge in [-0.15, -0.1) is 0 Å². The maximum Gasteiger partial charge on any atom is 0.334 e. The monoisotopic (exact) mass is 289 g/mol. The summed E-state index contributed by atoms with van der Waals surface area (Å²) in [5, 5.41) is 0. The minimum absolute atomic E-state index is 0.0235. The molecule has 0 N–H and O–H groups in total. The molecule has 0 spiro atoms.